The maximum atomic E-state index is 13.7. The second-order valence-corrected chi connectivity index (χ2v) is 12.5. The molecule has 0 aliphatic heterocycles. The summed E-state index contributed by atoms with van der Waals surface area (Å²) in [4.78, 5) is 17.3. The Balaban J connectivity index is 1.69. The van der Waals surface area contributed by atoms with Crippen molar-refractivity contribution in [3.63, 3.8) is 0 Å². The minimum Gasteiger partial charge on any atom is -0.444 e. The number of halogens is 2. The van der Waals surface area contributed by atoms with E-state index in [0.717, 1.165) is 36.0 Å². The molecule has 3 rings (SSSR count). The number of benzene rings is 1. The Bertz CT molecular complexity index is 1010. The van der Waals surface area contributed by atoms with Gasteiger partial charge in [-0.25, -0.2) is 18.6 Å². The molecule has 35 heavy (non-hydrogen) atoms. The van der Waals surface area contributed by atoms with E-state index in [1.165, 1.54) is 12.1 Å². The normalized spacial score (nSPS) is 17.1. The number of alkyl carbamates (subject to hydrolysis) is 1. The smallest absolute Gasteiger partial charge is 0.407 e. The molecular weight excluding hydrogens is 472 g/mol. The molecule has 194 valence electrons. The molecule has 1 aromatic heterocycles. The lowest BCUT2D eigenvalue weighted by Gasteiger charge is -2.28. The van der Waals surface area contributed by atoms with Crippen LogP contribution in [0.4, 0.5) is 13.6 Å². The molecule has 1 saturated carbocycles. The SMILES string of the molecule is CC(C)(C)Cc1csc(C2(NC[C@@H](O)[C@H](Cc3cc(F)cc(F)c3)NC(=O)OC(C)(C)C)CC2)n1. The van der Waals surface area contributed by atoms with Crippen LogP contribution in [-0.4, -0.2) is 40.5 Å². The van der Waals surface area contributed by atoms with Gasteiger partial charge in [0.15, 0.2) is 0 Å². The average molecular weight is 510 g/mol. The lowest BCUT2D eigenvalue weighted by atomic mass is 9.91. The minimum atomic E-state index is -1.03. The molecule has 2 atom stereocenters. The van der Waals surface area contributed by atoms with Crippen LogP contribution in [0.15, 0.2) is 23.6 Å². The number of aliphatic hydroxyl groups is 1. The number of nitrogens with zero attached hydrogens (tertiary/aromatic N) is 1. The van der Waals surface area contributed by atoms with E-state index in [-0.39, 0.29) is 23.9 Å². The minimum absolute atomic E-state index is 0.0384. The molecule has 2 aromatic rings. The molecule has 9 heteroatoms. The van der Waals surface area contributed by atoms with Gasteiger partial charge in [0.25, 0.3) is 0 Å². The van der Waals surface area contributed by atoms with Crippen molar-refractivity contribution in [2.75, 3.05) is 6.54 Å². The first kappa shape index (κ1) is 27.5. The van der Waals surface area contributed by atoms with Crippen LogP contribution in [0.5, 0.6) is 0 Å². The Morgan fingerprint density at radius 1 is 1.17 bits per heavy atom. The third kappa shape index (κ3) is 8.51. The number of nitrogens with one attached hydrogen (secondary N) is 2. The number of amides is 1. The zero-order valence-electron chi connectivity index (χ0n) is 21.4. The van der Waals surface area contributed by atoms with Gasteiger partial charge in [-0.2, -0.15) is 0 Å². The number of aromatic nitrogens is 1. The van der Waals surface area contributed by atoms with Gasteiger partial charge in [-0.05, 0) is 69.6 Å². The number of hydrogen-bond acceptors (Lipinski definition) is 6. The molecule has 0 bridgehead atoms. The van der Waals surface area contributed by atoms with E-state index in [2.05, 4.69) is 36.8 Å². The van der Waals surface area contributed by atoms with Gasteiger partial charge in [0, 0.05) is 18.0 Å². The fourth-order valence-electron chi connectivity index (χ4n) is 3.91. The second kappa shape index (κ2) is 10.5. The third-order valence-electron chi connectivity index (χ3n) is 5.62. The van der Waals surface area contributed by atoms with Gasteiger partial charge in [-0.3, -0.25) is 0 Å². The quantitative estimate of drug-likeness (QED) is 0.439. The Morgan fingerprint density at radius 3 is 2.34 bits per heavy atom. The fourth-order valence-corrected chi connectivity index (χ4v) is 4.97. The summed E-state index contributed by atoms with van der Waals surface area (Å²) in [5.41, 5.74) is 0.515. The van der Waals surface area contributed by atoms with Crippen LogP contribution in [0.1, 0.15) is 70.6 Å². The monoisotopic (exact) mass is 509 g/mol. The van der Waals surface area contributed by atoms with Crippen molar-refractivity contribution in [2.24, 2.45) is 5.41 Å². The fraction of sp³-hybridized carbons (Fsp3) is 0.615. The molecule has 1 heterocycles. The number of carbonyl (C=O) groups excluding carboxylic acids is 1. The summed E-state index contributed by atoms with van der Waals surface area (Å²) in [6, 6.07) is 2.36. The van der Waals surface area contributed by atoms with Crippen LogP contribution in [0.2, 0.25) is 0 Å². The molecule has 0 saturated heterocycles. The van der Waals surface area contributed by atoms with E-state index in [4.69, 9.17) is 9.72 Å². The summed E-state index contributed by atoms with van der Waals surface area (Å²) in [6.07, 6.45) is 1.00. The van der Waals surface area contributed by atoms with Crippen LogP contribution in [0.3, 0.4) is 0 Å². The van der Waals surface area contributed by atoms with Crippen molar-refractivity contribution in [1.82, 2.24) is 15.6 Å². The molecule has 1 aliphatic rings. The predicted octanol–water partition coefficient (Wildman–Crippen LogP) is 5.09. The van der Waals surface area contributed by atoms with Gasteiger partial charge in [-0.15, -0.1) is 11.3 Å². The van der Waals surface area contributed by atoms with Crippen molar-refractivity contribution in [3.8, 4) is 0 Å². The van der Waals surface area contributed by atoms with E-state index in [1.54, 1.807) is 32.1 Å². The van der Waals surface area contributed by atoms with E-state index in [9.17, 15) is 18.7 Å². The zero-order valence-corrected chi connectivity index (χ0v) is 22.2. The maximum Gasteiger partial charge on any atom is 0.407 e. The van der Waals surface area contributed by atoms with Gasteiger partial charge in [-0.1, -0.05) is 20.8 Å². The first-order valence-corrected chi connectivity index (χ1v) is 12.8. The lowest BCUT2D eigenvalue weighted by Crippen LogP contribution is -2.51. The highest BCUT2D eigenvalue weighted by molar-refractivity contribution is 7.09. The molecule has 1 aromatic carbocycles. The van der Waals surface area contributed by atoms with E-state index < -0.39 is 35.5 Å². The highest BCUT2D eigenvalue weighted by Gasteiger charge is 2.47. The summed E-state index contributed by atoms with van der Waals surface area (Å²) in [5, 5.41) is 20.2. The van der Waals surface area contributed by atoms with Crippen molar-refractivity contribution in [3.05, 3.63) is 51.5 Å². The highest BCUT2D eigenvalue weighted by atomic mass is 32.1. The van der Waals surface area contributed by atoms with Crippen LogP contribution >= 0.6 is 11.3 Å². The summed E-state index contributed by atoms with van der Waals surface area (Å²) < 4.78 is 32.8. The Morgan fingerprint density at radius 2 is 1.80 bits per heavy atom. The molecule has 0 spiro atoms. The van der Waals surface area contributed by atoms with Crippen LogP contribution in [0.25, 0.3) is 0 Å². The van der Waals surface area contributed by atoms with Gasteiger partial charge in [0.05, 0.1) is 23.4 Å². The molecule has 1 fully saturated rings. The molecule has 6 nitrogen and oxygen atoms in total. The van der Waals surface area contributed by atoms with Crippen LogP contribution < -0.4 is 10.6 Å². The van der Waals surface area contributed by atoms with Gasteiger partial charge >= 0.3 is 6.09 Å². The summed E-state index contributed by atoms with van der Waals surface area (Å²) in [7, 11) is 0. The number of thiazole rings is 1. The van der Waals surface area contributed by atoms with Crippen molar-refractivity contribution in [1.29, 1.82) is 0 Å². The average Bonchev–Trinajstić information content (AvgIpc) is 3.33. The third-order valence-corrected chi connectivity index (χ3v) is 6.71. The number of aliphatic hydroxyl groups excluding tert-OH is 1. The molecule has 0 radical (unpaired) electrons. The van der Waals surface area contributed by atoms with Crippen molar-refractivity contribution in [2.45, 2.75) is 90.5 Å². The Hall–Kier alpha value is -2.10. The van der Waals surface area contributed by atoms with Crippen molar-refractivity contribution >= 4 is 17.4 Å². The number of rotatable bonds is 9. The van der Waals surface area contributed by atoms with Crippen LogP contribution in [0, 0.1) is 17.0 Å². The lowest BCUT2D eigenvalue weighted by molar-refractivity contribution is 0.0419. The number of carbonyl (C=O) groups is 1. The largest absolute Gasteiger partial charge is 0.444 e. The molecule has 3 N–H and O–H groups in total. The predicted molar refractivity (Wildman–Crippen MR) is 133 cm³/mol. The first-order chi connectivity index (χ1) is 16.1. The topological polar surface area (TPSA) is 83.5 Å². The second-order valence-electron chi connectivity index (χ2n) is 11.6. The molecular formula is C26H37F2N3O3S. The summed E-state index contributed by atoms with van der Waals surface area (Å²) >= 11 is 1.61. The van der Waals surface area contributed by atoms with E-state index in [1.807, 2.05) is 0 Å². The summed E-state index contributed by atoms with van der Waals surface area (Å²) in [5.74, 6) is -1.43. The number of hydrogen-bond donors (Lipinski definition) is 3. The molecule has 1 aliphatic carbocycles. The summed E-state index contributed by atoms with van der Waals surface area (Å²) in [6.45, 7) is 11.9. The van der Waals surface area contributed by atoms with Gasteiger partial charge in [0.1, 0.15) is 22.2 Å². The molecule has 1 amide bonds. The van der Waals surface area contributed by atoms with E-state index >= 15 is 0 Å². The number of ether oxygens (including phenoxy) is 1. The molecule has 0 unspecified atom stereocenters. The highest BCUT2D eigenvalue weighted by Crippen LogP contribution is 2.47. The Labute approximate surface area is 210 Å². The van der Waals surface area contributed by atoms with Gasteiger partial charge in [0.2, 0.25) is 0 Å². The standard InChI is InChI=1S/C26H37F2N3O3S/c1-24(2,3)13-19-15-35-22(30-19)26(7-8-26)29-14-21(32)20(31-23(33)34-25(4,5)6)11-16-9-17(27)12-18(28)10-16/h9-10,12,15,20-21,29,32H,7-8,11,13-14H2,1-6H3,(H,31,33)/t20-,21+/m0/s1. The van der Waals surface area contributed by atoms with Crippen LogP contribution in [-0.2, 0) is 23.1 Å². The van der Waals surface area contributed by atoms with Crippen molar-refractivity contribution < 1.29 is 23.4 Å². The zero-order chi connectivity index (χ0) is 26.0. The maximum absolute atomic E-state index is 13.7. The Kier molecular flexibility index (Phi) is 8.23. The first-order valence-electron chi connectivity index (χ1n) is 12.0. The van der Waals surface area contributed by atoms with E-state index in [0.29, 0.717) is 5.56 Å². The van der Waals surface area contributed by atoms with Gasteiger partial charge < -0.3 is 20.5 Å².